The second-order valence-corrected chi connectivity index (χ2v) is 12.8. The van der Waals surface area contributed by atoms with Crippen LogP contribution in [-0.4, -0.2) is 53.2 Å². The summed E-state index contributed by atoms with van der Waals surface area (Å²) in [6.45, 7) is 8.94. The Hall–Kier alpha value is -4.48. The molecule has 0 aliphatic rings. The summed E-state index contributed by atoms with van der Waals surface area (Å²) in [5.74, 6) is 0.0196. The van der Waals surface area contributed by atoms with Gasteiger partial charge in [0.25, 0.3) is 0 Å². The van der Waals surface area contributed by atoms with Crippen molar-refractivity contribution in [1.29, 1.82) is 0 Å². The van der Waals surface area contributed by atoms with Gasteiger partial charge < -0.3 is 23.8 Å². The van der Waals surface area contributed by atoms with Gasteiger partial charge in [0.05, 0.1) is 17.8 Å². The van der Waals surface area contributed by atoms with E-state index < -0.39 is 40.5 Å². The highest BCUT2D eigenvalue weighted by atomic mass is 35.5. The van der Waals surface area contributed by atoms with Gasteiger partial charge in [0.2, 0.25) is 0 Å². The zero-order chi connectivity index (χ0) is 33.4. The van der Waals surface area contributed by atoms with Crippen LogP contribution < -0.4 is 19.7 Å². The third kappa shape index (κ3) is 8.21. The average molecular weight is 669 g/mol. The van der Waals surface area contributed by atoms with Gasteiger partial charge in [0.1, 0.15) is 24.2 Å². The molecule has 12 heteroatoms. The molecule has 0 aromatic heterocycles. The van der Waals surface area contributed by atoms with E-state index in [0.29, 0.717) is 32.8 Å². The fourth-order valence-electron chi connectivity index (χ4n) is 4.97. The summed E-state index contributed by atoms with van der Waals surface area (Å²) < 4.78 is 47.6. The zero-order valence-electron chi connectivity index (χ0n) is 26.3. The van der Waals surface area contributed by atoms with Gasteiger partial charge >= 0.3 is 12.2 Å². The van der Waals surface area contributed by atoms with E-state index >= 15 is 0 Å². The number of carbonyl (C=O) groups excluding carboxylic acids is 2. The number of benzene rings is 4. The predicted octanol–water partition coefficient (Wildman–Crippen LogP) is 7.96. The Morgan fingerprint density at radius 3 is 2.35 bits per heavy atom. The molecule has 0 saturated heterocycles. The molecule has 4 rings (SSSR count). The molecule has 1 amide bonds. The molecule has 0 heterocycles. The van der Waals surface area contributed by atoms with Crippen molar-refractivity contribution >= 4 is 55.8 Å². The van der Waals surface area contributed by atoms with E-state index in [9.17, 15) is 18.0 Å². The maximum absolute atomic E-state index is 13.1. The molecule has 1 N–H and O–H groups in total. The maximum Gasteiger partial charge on any atom is 0.513 e. The predicted molar refractivity (Wildman–Crippen MR) is 179 cm³/mol. The van der Waals surface area contributed by atoms with Crippen LogP contribution in [0.3, 0.4) is 0 Å². The van der Waals surface area contributed by atoms with Crippen molar-refractivity contribution in [2.75, 3.05) is 42.8 Å². The molecule has 0 aliphatic heterocycles. The number of carbonyl (C=O) groups is 2. The van der Waals surface area contributed by atoms with E-state index in [2.05, 4.69) is 24.1 Å². The van der Waals surface area contributed by atoms with Gasteiger partial charge in [0.15, 0.2) is 9.84 Å². The number of fused-ring (bicyclic) bond motifs is 1. The largest absolute Gasteiger partial charge is 0.513 e. The summed E-state index contributed by atoms with van der Waals surface area (Å²) in [5.41, 5.74) is 2.85. The van der Waals surface area contributed by atoms with Gasteiger partial charge in [-0.2, -0.15) is 0 Å². The van der Waals surface area contributed by atoms with Crippen LogP contribution in [-0.2, 0) is 19.3 Å². The first-order valence-corrected chi connectivity index (χ1v) is 16.8. The van der Waals surface area contributed by atoms with Gasteiger partial charge in [-0.1, -0.05) is 35.9 Å². The molecule has 10 nitrogen and oxygen atoms in total. The number of ether oxygens (including phenoxy) is 4. The molecular weight excluding hydrogens is 632 g/mol. The number of hydrogen-bond acceptors (Lipinski definition) is 9. The Balaban J connectivity index is 1.40. The minimum Gasteiger partial charge on any atom is -0.497 e. The lowest BCUT2D eigenvalue weighted by Crippen LogP contribution is -2.22. The molecular formula is C34H37ClN2O8S. The zero-order valence-corrected chi connectivity index (χ0v) is 27.9. The third-order valence-corrected chi connectivity index (χ3v) is 9.51. The fourth-order valence-corrected chi connectivity index (χ4v) is 6.51. The van der Waals surface area contributed by atoms with E-state index in [1.807, 2.05) is 25.1 Å². The normalized spacial score (nSPS) is 11.9. The number of aryl methyl sites for hydroxylation is 1. The van der Waals surface area contributed by atoms with E-state index in [1.54, 1.807) is 43.3 Å². The topological polar surface area (TPSA) is 120 Å². The van der Waals surface area contributed by atoms with Crippen LogP contribution >= 0.6 is 11.6 Å². The first-order valence-electron chi connectivity index (χ1n) is 14.7. The number of halogens is 1. The smallest absolute Gasteiger partial charge is 0.497 e. The summed E-state index contributed by atoms with van der Waals surface area (Å²) in [6, 6.07) is 20.2. The van der Waals surface area contributed by atoms with Crippen molar-refractivity contribution in [1.82, 2.24) is 0 Å². The highest BCUT2D eigenvalue weighted by Crippen LogP contribution is 2.33. The molecule has 0 saturated carbocycles. The molecule has 0 radical (unpaired) electrons. The van der Waals surface area contributed by atoms with Crippen molar-refractivity contribution in [3.8, 4) is 11.5 Å². The SMILES string of the molecule is CCN(CC)c1ccc(NC(=O)OC(C)c2cc(OC)ccc2OC(=O)OCCS(=O)(=O)c2ccc(Cl)c3ccccc23)c(C)c1. The van der Waals surface area contributed by atoms with Gasteiger partial charge in [0, 0.05) is 45.8 Å². The quantitative estimate of drug-likeness (QED) is 0.118. The van der Waals surface area contributed by atoms with Crippen molar-refractivity contribution in [3.05, 3.63) is 88.9 Å². The first kappa shape index (κ1) is 34.4. The number of hydrogen-bond donors (Lipinski definition) is 1. The van der Waals surface area contributed by atoms with Crippen molar-refractivity contribution in [2.24, 2.45) is 0 Å². The van der Waals surface area contributed by atoms with Crippen molar-refractivity contribution in [3.63, 3.8) is 0 Å². The van der Waals surface area contributed by atoms with Crippen LogP contribution in [0.4, 0.5) is 21.0 Å². The number of rotatable bonds is 12. The second-order valence-electron chi connectivity index (χ2n) is 10.4. The van der Waals surface area contributed by atoms with Crippen LogP contribution in [0.2, 0.25) is 5.02 Å². The Bertz CT molecular complexity index is 1830. The molecule has 0 bridgehead atoms. The van der Waals surface area contributed by atoms with Crippen LogP contribution in [0.25, 0.3) is 10.8 Å². The lowest BCUT2D eigenvalue weighted by atomic mass is 10.1. The Morgan fingerprint density at radius 1 is 0.957 bits per heavy atom. The molecule has 1 unspecified atom stereocenters. The molecule has 1 atom stereocenters. The summed E-state index contributed by atoms with van der Waals surface area (Å²) in [5, 5.41) is 4.27. The van der Waals surface area contributed by atoms with Crippen LogP contribution in [0, 0.1) is 6.92 Å². The number of methoxy groups -OCH3 is 1. The Kier molecular flexibility index (Phi) is 11.4. The van der Waals surface area contributed by atoms with Crippen LogP contribution in [0.5, 0.6) is 11.5 Å². The minimum absolute atomic E-state index is 0.0532. The highest BCUT2D eigenvalue weighted by molar-refractivity contribution is 7.91. The molecule has 4 aromatic carbocycles. The number of nitrogens with zero attached hydrogens (tertiary/aromatic N) is 1. The van der Waals surface area contributed by atoms with E-state index in [4.69, 9.17) is 30.5 Å². The van der Waals surface area contributed by atoms with Gasteiger partial charge in [-0.05, 0) is 81.8 Å². The van der Waals surface area contributed by atoms with Gasteiger partial charge in [-0.3, -0.25) is 5.32 Å². The van der Waals surface area contributed by atoms with Crippen molar-refractivity contribution in [2.45, 2.75) is 38.7 Å². The molecule has 0 aliphatic carbocycles. The Morgan fingerprint density at radius 2 is 1.67 bits per heavy atom. The molecule has 4 aromatic rings. The number of anilines is 2. The Labute approximate surface area is 274 Å². The summed E-state index contributed by atoms with van der Waals surface area (Å²) in [4.78, 5) is 27.8. The average Bonchev–Trinajstić information content (AvgIpc) is 3.03. The minimum atomic E-state index is -3.83. The summed E-state index contributed by atoms with van der Waals surface area (Å²) in [7, 11) is -2.36. The monoisotopic (exact) mass is 668 g/mol. The standard InChI is InChI=1S/C34H37ClN2O8S/c1-6-37(7-2)24-12-15-30(22(3)20-24)36-33(38)44-23(4)28-21-25(42-5)13-16-31(28)45-34(39)43-18-19-46(40,41)32-17-14-29(35)26-10-8-9-11-27(26)32/h8-17,20-21,23H,6-7,18-19H2,1-5H3,(H,36,38). The van der Waals surface area contributed by atoms with Gasteiger partial charge in [-0.25, -0.2) is 18.0 Å². The molecule has 0 spiro atoms. The summed E-state index contributed by atoms with van der Waals surface area (Å²) >= 11 is 6.23. The fraction of sp³-hybridized carbons (Fsp3) is 0.294. The second kappa shape index (κ2) is 15.2. The van der Waals surface area contributed by atoms with E-state index in [0.717, 1.165) is 24.3 Å². The third-order valence-electron chi connectivity index (χ3n) is 7.45. The van der Waals surface area contributed by atoms with Crippen LogP contribution in [0.1, 0.15) is 38.0 Å². The van der Waals surface area contributed by atoms with E-state index in [-0.39, 0.29) is 10.6 Å². The summed E-state index contributed by atoms with van der Waals surface area (Å²) in [6.07, 6.45) is -2.70. The van der Waals surface area contributed by atoms with Gasteiger partial charge in [-0.15, -0.1) is 0 Å². The highest BCUT2D eigenvalue weighted by Gasteiger charge is 2.23. The number of nitrogens with one attached hydrogen (secondary N) is 1. The van der Waals surface area contributed by atoms with Crippen molar-refractivity contribution < 1.29 is 37.0 Å². The number of amides is 1. The first-order chi connectivity index (χ1) is 22.0. The lowest BCUT2D eigenvalue weighted by Gasteiger charge is -2.22. The lowest BCUT2D eigenvalue weighted by molar-refractivity contribution is 0.100. The number of sulfone groups is 1. The van der Waals surface area contributed by atoms with Crippen LogP contribution in [0.15, 0.2) is 77.7 Å². The molecule has 46 heavy (non-hydrogen) atoms. The molecule has 244 valence electrons. The molecule has 0 fully saturated rings. The van der Waals surface area contributed by atoms with E-state index in [1.165, 1.54) is 25.3 Å². The maximum atomic E-state index is 13.1.